The van der Waals surface area contributed by atoms with Crippen molar-refractivity contribution in [3.63, 3.8) is 0 Å². The highest BCUT2D eigenvalue weighted by Crippen LogP contribution is 2.29. The van der Waals surface area contributed by atoms with E-state index in [9.17, 15) is 4.79 Å². The van der Waals surface area contributed by atoms with Crippen LogP contribution in [0.3, 0.4) is 0 Å². The Hall–Kier alpha value is -0.940. The highest BCUT2D eigenvalue weighted by Gasteiger charge is 2.36. The molecule has 1 aliphatic rings. The third kappa shape index (κ3) is 2.82. The average Bonchev–Trinajstić information content (AvgIpc) is 2.70. The predicted molar refractivity (Wildman–Crippen MR) is 76.9 cm³/mol. The van der Waals surface area contributed by atoms with Crippen molar-refractivity contribution in [3.05, 3.63) is 15.6 Å². The molecule has 0 saturated carbocycles. The molecular weight excluding hydrogens is 260 g/mol. The zero-order valence-corrected chi connectivity index (χ0v) is 13.1. The summed E-state index contributed by atoms with van der Waals surface area (Å²) >= 11 is 1.53. The topological polar surface area (TPSA) is 42.4 Å². The molecule has 1 amide bonds. The molecule has 1 aliphatic heterocycles. The minimum absolute atomic E-state index is 0.0928. The Kier molecular flexibility index (Phi) is 3.97. The third-order valence-corrected chi connectivity index (χ3v) is 4.84. The van der Waals surface area contributed by atoms with Gasteiger partial charge >= 0.3 is 0 Å². The lowest BCUT2D eigenvalue weighted by Gasteiger charge is -2.41. The van der Waals surface area contributed by atoms with Gasteiger partial charge in [-0.2, -0.15) is 0 Å². The fraction of sp³-hybridized carbons (Fsp3) is 0.714. The number of aromatic nitrogens is 1. The van der Waals surface area contributed by atoms with Crippen molar-refractivity contribution >= 4 is 17.2 Å². The van der Waals surface area contributed by atoms with Crippen molar-refractivity contribution in [2.24, 2.45) is 0 Å². The van der Waals surface area contributed by atoms with Gasteiger partial charge in [0.25, 0.3) is 5.91 Å². The van der Waals surface area contributed by atoms with E-state index in [1.165, 1.54) is 11.3 Å². The number of aryl methyl sites for hydroxylation is 1. The van der Waals surface area contributed by atoms with Gasteiger partial charge in [-0.3, -0.25) is 4.79 Å². The fourth-order valence-electron chi connectivity index (χ4n) is 2.22. The Bertz CT molecular complexity index is 480. The van der Waals surface area contributed by atoms with Crippen LogP contribution < -0.4 is 0 Å². The Labute approximate surface area is 118 Å². The van der Waals surface area contributed by atoms with Gasteiger partial charge in [-0.25, -0.2) is 4.98 Å². The summed E-state index contributed by atoms with van der Waals surface area (Å²) in [6, 6.07) is 0. The van der Waals surface area contributed by atoms with Crippen LogP contribution in [0.4, 0.5) is 0 Å². The van der Waals surface area contributed by atoms with E-state index in [-0.39, 0.29) is 11.4 Å². The van der Waals surface area contributed by atoms with E-state index in [1.54, 1.807) is 0 Å². The first kappa shape index (κ1) is 14.5. The number of carbonyl (C=O) groups is 1. The second-order valence-electron chi connectivity index (χ2n) is 5.94. The summed E-state index contributed by atoms with van der Waals surface area (Å²) in [7, 11) is 0. The van der Waals surface area contributed by atoms with Crippen molar-refractivity contribution in [2.75, 3.05) is 19.8 Å². The summed E-state index contributed by atoms with van der Waals surface area (Å²) in [6.07, 6.45) is 0. The fourth-order valence-corrected chi connectivity index (χ4v) is 3.24. The van der Waals surface area contributed by atoms with Gasteiger partial charge in [-0.05, 0) is 20.8 Å². The van der Waals surface area contributed by atoms with Crippen LogP contribution >= 0.6 is 11.3 Å². The molecule has 1 aromatic heterocycles. The SMILES string of the molecule is Cc1nc(C(C)C)sc1C(=O)N1CCOCC1(C)C. The van der Waals surface area contributed by atoms with E-state index in [1.807, 2.05) is 25.7 Å². The second-order valence-corrected chi connectivity index (χ2v) is 6.97. The van der Waals surface area contributed by atoms with E-state index < -0.39 is 0 Å². The Balaban J connectivity index is 2.28. The zero-order valence-electron chi connectivity index (χ0n) is 12.3. The number of hydrogen-bond acceptors (Lipinski definition) is 4. The van der Waals surface area contributed by atoms with Gasteiger partial charge in [0.15, 0.2) is 0 Å². The Morgan fingerprint density at radius 2 is 2.16 bits per heavy atom. The monoisotopic (exact) mass is 282 g/mol. The number of amides is 1. The summed E-state index contributed by atoms with van der Waals surface area (Å²) in [5, 5.41) is 1.03. The lowest BCUT2D eigenvalue weighted by molar-refractivity contribution is -0.0368. The normalized spacial score (nSPS) is 18.9. The molecule has 0 bridgehead atoms. The molecule has 2 rings (SSSR count). The van der Waals surface area contributed by atoms with Crippen molar-refractivity contribution in [2.45, 2.75) is 46.1 Å². The van der Waals surface area contributed by atoms with Crippen molar-refractivity contribution in [1.82, 2.24) is 9.88 Å². The Morgan fingerprint density at radius 3 is 2.68 bits per heavy atom. The van der Waals surface area contributed by atoms with Crippen LogP contribution in [-0.2, 0) is 4.74 Å². The van der Waals surface area contributed by atoms with Gasteiger partial charge in [-0.1, -0.05) is 13.8 Å². The van der Waals surface area contributed by atoms with E-state index >= 15 is 0 Å². The Morgan fingerprint density at radius 1 is 1.47 bits per heavy atom. The third-order valence-electron chi connectivity index (χ3n) is 3.39. The van der Waals surface area contributed by atoms with Crippen LogP contribution in [0.5, 0.6) is 0 Å². The van der Waals surface area contributed by atoms with Crippen molar-refractivity contribution < 1.29 is 9.53 Å². The van der Waals surface area contributed by atoms with Gasteiger partial charge in [0.05, 0.1) is 29.5 Å². The van der Waals surface area contributed by atoms with Gasteiger partial charge in [0.2, 0.25) is 0 Å². The number of ether oxygens (including phenoxy) is 1. The first-order valence-electron chi connectivity index (χ1n) is 6.70. The second kappa shape index (κ2) is 5.21. The average molecular weight is 282 g/mol. The number of nitrogens with zero attached hydrogens (tertiary/aromatic N) is 2. The molecule has 2 heterocycles. The zero-order chi connectivity index (χ0) is 14.2. The smallest absolute Gasteiger partial charge is 0.266 e. The first-order valence-corrected chi connectivity index (χ1v) is 7.51. The van der Waals surface area contributed by atoms with Crippen LogP contribution in [0.2, 0.25) is 0 Å². The molecule has 0 atom stereocenters. The van der Waals surface area contributed by atoms with Crippen molar-refractivity contribution in [3.8, 4) is 0 Å². The number of hydrogen-bond donors (Lipinski definition) is 0. The molecule has 1 fully saturated rings. The minimum Gasteiger partial charge on any atom is -0.377 e. The molecule has 0 aromatic carbocycles. The molecule has 0 N–H and O–H groups in total. The van der Waals surface area contributed by atoms with Crippen LogP contribution in [-0.4, -0.2) is 41.1 Å². The standard InChI is InChI=1S/C14H22N2O2S/c1-9(2)12-15-10(3)11(19-12)13(17)16-6-7-18-8-14(16,4)5/h9H,6-8H2,1-5H3. The molecule has 0 aliphatic carbocycles. The lowest BCUT2D eigenvalue weighted by atomic mass is 10.0. The first-order chi connectivity index (χ1) is 8.83. The summed E-state index contributed by atoms with van der Waals surface area (Å²) < 4.78 is 5.47. The van der Waals surface area contributed by atoms with Crippen LogP contribution in [0.1, 0.15) is 54.0 Å². The number of rotatable bonds is 2. The molecular formula is C14H22N2O2S. The maximum atomic E-state index is 12.7. The van der Waals surface area contributed by atoms with Gasteiger partial charge < -0.3 is 9.64 Å². The maximum absolute atomic E-state index is 12.7. The quantitative estimate of drug-likeness (QED) is 0.837. The molecule has 1 aromatic rings. The highest BCUT2D eigenvalue weighted by molar-refractivity contribution is 7.13. The summed E-state index contributed by atoms with van der Waals surface area (Å²) in [5.41, 5.74) is 0.602. The van der Waals surface area contributed by atoms with Crippen LogP contribution in [0, 0.1) is 6.92 Å². The van der Waals surface area contributed by atoms with Crippen molar-refractivity contribution in [1.29, 1.82) is 0 Å². The minimum atomic E-state index is -0.246. The molecule has 106 valence electrons. The largest absolute Gasteiger partial charge is 0.377 e. The summed E-state index contributed by atoms with van der Waals surface area (Å²) in [5.74, 6) is 0.457. The molecule has 19 heavy (non-hydrogen) atoms. The molecule has 0 unspecified atom stereocenters. The molecule has 5 heteroatoms. The number of morpholine rings is 1. The molecule has 4 nitrogen and oxygen atoms in total. The molecule has 0 radical (unpaired) electrons. The summed E-state index contributed by atoms with van der Waals surface area (Å²) in [6.45, 7) is 12.1. The van der Waals surface area contributed by atoms with Gasteiger partial charge in [0, 0.05) is 12.5 Å². The number of thiazole rings is 1. The van der Waals surface area contributed by atoms with Gasteiger partial charge in [-0.15, -0.1) is 11.3 Å². The van der Waals surface area contributed by atoms with Crippen LogP contribution in [0.25, 0.3) is 0 Å². The predicted octanol–water partition coefficient (Wildman–Crippen LogP) is 2.83. The van der Waals surface area contributed by atoms with E-state index in [0.29, 0.717) is 25.7 Å². The summed E-state index contributed by atoms with van der Waals surface area (Å²) in [4.78, 5) is 19.9. The lowest BCUT2D eigenvalue weighted by Crippen LogP contribution is -2.55. The molecule has 1 saturated heterocycles. The van der Waals surface area contributed by atoms with Crippen LogP contribution in [0.15, 0.2) is 0 Å². The maximum Gasteiger partial charge on any atom is 0.266 e. The van der Waals surface area contributed by atoms with E-state index in [2.05, 4.69) is 18.8 Å². The van der Waals surface area contributed by atoms with Gasteiger partial charge in [0.1, 0.15) is 4.88 Å². The van der Waals surface area contributed by atoms with E-state index in [0.717, 1.165) is 15.6 Å². The van der Waals surface area contributed by atoms with E-state index in [4.69, 9.17) is 4.74 Å². The highest BCUT2D eigenvalue weighted by atomic mass is 32.1. The number of carbonyl (C=O) groups excluding carboxylic acids is 1. The molecule has 0 spiro atoms.